The fourth-order valence-electron chi connectivity index (χ4n) is 1.92. The second-order valence-electron chi connectivity index (χ2n) is 4.02. The van der Waals surface area contributed by atoms with Crippen LogP contribution in [-0.4, -0.2) is 18.0 Å². The third kappa shape index (κ3) is 3.13. The number of halogens is 1. The largest absolute Gasteiger partial charge is 0.411 e. The van der Waals surface area contributed by atoms with E-state index in [1.54, 1.807) is 31.4 Å². The van der Waals surface area contributed by atoms with Gasteiger partial charge in [0.05, 0.1) is 0 Å². The highest BCUT2D eigenvalue weighted by Crippen LogP contribution is 2.23. The number of ether oxygens (including phenoxy) is 1. The van der Waals surface area contributed by atoms with E-state index in [0.717, 1.165) is 11.1 Å². The Morgan fingerprint density at radius 2 is 1.74 bits per heavy atom. The van der Waals surface area contributed by atoms with Crippen molar-refractivity contribution in [2.45, 2.75) is 6.10 Å². The lowest BCUT2D eigenvalue weighted by molar-refractivity contribution is 0.154. The smallest absolute Gasteiger partial charge is 0.128 e. The fourth-order valence-corrected chi connectivity index (χ4v) is 2.04. The Morgan fingerprint density at radius 3 is 2.26 bits per heavy atom. The summed E-state index contributed by atoms with van der Waals surface area (Å²) >= 11 is 5.86. The first-order chi connectivity index (χ1) is 9.26. The number of rotatable bonds is 4. The Hall–Kier alpha value is -1.84. The van der Waals surface area contributed by atoms with Gasteiger partial charge in [-0.1, -0.05) is 59.2 Å². The second kappa shape index (κ2) is 6.36. The topological polar surface area (TPSA) is 41.8 Å². The van der Waals surface area contributed by atoms with Gasteiger partial charge < -0.3 is 9.94 Å². The second-order valence-corrected chi connectivity index (χ2v) is 4.45. The quantitative estimate of drug-likeness (QED) is 0.522. The molecule has 0 aliphatic carbocycles. The summed E-state index contributed by atoms with van der Waals surface area (Å²) in [6, 6.07) is 16.7. The Morgan fingerprint density at radius 1 is 1.11 bits per heavy atom. The Labute approximate surface area is 117 Å². The maximum Gasteiger partial charge on any atom is 0.128 e. The highest BCUT2D eigenvalue weighted by atomic mass is 35.5. The highest BCUT2D eigenvalue weighted by Gasteiger charge is 2.20. The zero-order valence-electron chi connectivity index (χ0n) is 10.5. The van der Waals surface area contributed by atoms with Crippen LogP contribution in [0.1, 0.15) is 17.2 Å². The SMILES string of the molecule is CO[C@H](/C(=N\O)c1ccc(Cl)cc1)c1ccccc1. The van der Waals surface area contributed by atoms with E-state index in [0.29, 0.717) is 10.7 Å². The molecule has 0 aliphatic rings. The predicted octanol–water partition coefficient (Wildman–Crippen LogP) is 3.91. The van der Waals surface area contributed by atoms with Gasteiger partial charge in [0.1, 0.15) is 11.8 Å². The predicted molar refractivity (Wildman–Crippen MR) is 76.0 cm³/mol. The Kier molecular flexibility index (Phi) is 4.55. The van der Waals surface area contributed by atoms with Crippen LogP contribution in [0.25, 0.3) is 0 Å². The summed E-state index contributed by atoms with van der Waals surface area (Å²) < 4.78 is 5.45. The highest BCUT2D eigenvalue weighted by molar-refractivity contribution is 6.30. The molecule has 0 aliphatic heterocycles. The van der Waals surface area contributed by atoms with Crippen LogP contribution in [0.3, 0.4) is 0 Å². The molecule has 0 fully saturated rings. The zero-order chi connectivity index (χ0) is 13.7. The van der Waals surface area contributed by atoms with Gasteiger partial charge in [-0.05, 0) is 17.7 Å². The minimum absolute atomic E-state index is 0.424. The molecule has 98 valence electrons. The Balaban J connectivity index is 2.38. The van der Waals surface area contributed by atoms with Gasteiger partial charge in [0.2, 0.25) is 0 Å². The van der Waals surface area contributed by atoms with Crippen molar-refractivity contribution in [3.05, 3.63) is 70.7 Å². The number of hydrogen-bond acceptors (Lipinski definition) is 3. The van der Waals surface area contributed by atoms with Crippen molar-refractivity contribution in [3.8, 4) is 0 Å². The first-order valence-electron chi connectivity index (χ1n) is 5.82. The lowest BCUT2D eigenvalue weighted by atomic mass is 9.99. The van der Waals surface area contributed by atoms with Gasteiger partial charge in [-0.3, -0.25) is 0 Å². The molecular formula is C15H14ClNO2. The monoisotopic (exact) mass is 275 g/mol. The van der Waals surface area contributed by atoms with Crippen molar-refractivity contribution in [2.24, 2.45) is 5.16 Å². The third-order valence-corrected chi connectivity index (χ3v) is 3.09. The molecule has 0 saturated heterocycles. The van der Waals surface area contributed by atoms with E-state index in [9.17, 15) is 5.21 Å². The van der Waals surface area contributed by atoms with Gasteiger partial charge in [0.15, 0.2) is 0 Å². The van der Waals surface area contributed by atoms with Crippen LogP contribution in [0.15, 0.2) is 59.8 Å². The van der Waals surface area contributed by atoms with Crippen LogP contribution in [0.4, 0.5) is 0 Å². The molecule has 1 N–H and O–H groups in total. The maximum atomic E-state index is 9.29. The van der Waals surface area contributed by atoms with E-state index in [1.807, 2.05) is 30.3 Å². The molecule has 0 heterocycles. The average Bonchev–Trinajstić information content (AvgIpc) is 2.47. The van der Waals surface area contributed by atoms with Crippen LogP contribution < -0.4 is 0 Å². The first-order valence-corrected chi connectivity index (χ1v) is 6.19. The molecule has 2 aromatic rings. The summed E-state index contributed by atoms with van der Waals surface area (Å²) in [7, 11) is 1.58. The van der Waals surface area contributed by atoms with E-state index < -0.39 is 6.10 Å². The van der Waals surface area contributed by atoms with E-state index in [1.165, 1.54) is 0 Å². The van der Waals surface area contributed by atoms with Gasteiger partial charge in [-0.2, -0.15) is 0 Å². The summed E-state index contributed by atoms with van der Waals surface area (Å²) in [5, 5.41) is 13.3. The normalized spacial score (nSPS) is 13.3. The molecular weight excluding hydrogens is 262 g/mol. The molecule has 1 atom stereocenters. The van der Waals surface area contributed by atoms with E-state index >= 15 is 0 Å². The molecule has 0 amide bonds. The summed E-state index contributed by atoms with van der Waals surface area (Å²) in [6.45, 7) is 0. The van der Waals surface area contributed by atoms with Crippen LogP contribution in [-0.2, 0) is 4.74 Å². The van der Waals surface area contributed by atoms with E-state index in [-0.39, 0.29) is 0 Å². The first kappa shape index (κ1) is 13.6. The molecule has 4 heteroatoms. The van der Waals surface area contributed by atoms with Crippen molar-refractivity contribution < 1.29 is 9.94 Å². The standard InChI is InChI=1S/C15H14ClNO2/c1-19-15(12-5-3-2-4-6-12)14(17-18)11-7-9-13(16)10-8-11/h2-10,15,18H,1H3/b17-14-/t15-/m0/s1. The molecule has 2 rings (SSSR count). The van der Waals surface area contributed by atoms with Crippen molar-refractivity contribution in [1.82, 2.24) is 0 Å². The third-order valence-electron chi connectivity index (χ3n) is 2.83. The minimum Gasteiger partial charge on any atom is -0.411 e. The molecule has 2 aromatic carbocycles. The lowest BCUT2D eigenvalue weighted by Gasteiger charge is -2.17. The number of nitrogens with zero attached hydrogens (tertiary/aromatic N) is 1. The van der Waals surface area contributed by atoms with Crippen LogP contribution in [0.5, 0.6) is 0 Å². The van der Waals surface area contributed by atoms with Gasteiger partial charge in [0.25, 0.3) is 0 Å². The molecule has 19 heavy (non-hydrogen) atoms. The van der Waals surface area contributed by atoms with E-state index in [4.69, 9.17) is 16.3 Å². The van der Waals surface area contributed by atoms with Crippen LogP contribution >= 0.6 is 11.6 Å². The van der Waals surface area contributed by atoms with Crippen molar-refractivity contribution >= 4 is 17.3 Å². The minimum atomic E-state index is -0.424. The number of hydrogen-bond donors (Lipinski definition) is 1. The van der Waals surface area contributed by atoms with Gasteiger partial charge >= 0.3 is 0 Å². The van der Waals surface area contributed by atoms with Crippen LogP contribution in [0.2, 0.25) is 5.02 Å². The van der Waals surface area contributed by atoms with Crippen molar-refractivity contribution in [1.29, 1.82) is 0 Å². The molecule has 0 unspecified atom stereocenters. The number of methoxy groups -OCH3 is 1. The molecule has 0 saturated carbocycles. The maximum absolute atomic E-state index is 9.29. The Bertz CT molecular complexity index is 552. The molecule has 0 spiro atoms. The average molecular weight is 276 g/mol. The van der Waals surface area contributed by atoms with Crippen molar-refractivity contribution in [2.75, 3.05) is 7.11 Å². The fraction of sp³-hybridized carbons (Fsp3) is 0.133. The van der Waals surface area contributed by atoms with Crippen LogP contribution in [0, 0.1) is 0 Å². The molecule has 0 radical (unpaired) electrons. The summed E-state index contributed by atoms with van der Waals surface area (Å²) in [5.41, 5.74) is 2.14. The van der Waals surface area contributed by atoms with Gasteiger partial charge in [-0.25, -0.2) is 0 Å². The number of oxime groups is 1. The molecule has 3 nitrogen and oxygen atoms in total. The lowest BCUT2D eigenvalue weighted by Crippen LogP contribution is -2.16. The molecule has 0 bridgehead atoms. The summed E-state index contributed by atoms with van der Waals surface area (Å²) in [6.07, 6.45) is -0.424. The van der Waals surface area contributed by atoms with E-state index in [2.05, 4.69) is 5.16 Å². The van der Waals surface area contributed by atoms with Crippen molar-refractivity contribution in [3.63, 3.8) is 0 Å². The molecule has 0 aromatic heterocycles. The zero-order valence-corrected chi connectivity index (χ0v) is 11.2. The summed E-state index contributed by atoms with van der Waals surface area (Å²) in [4.78, 5) is 0. The summed E-state index contributed by atoms with van der Waals surface area (Å²) in [5.74, 6) is 0. The number of benzene rings is 2. The van der Waals surface area contributed by atoms with Gasteiger partial charge in [0, 0.05) is 17.7 Å². The van der Waals surface area contributed by atoms with Gasteiger partial charge in [-0.15, -0.1) is 0 Å².